The molecule has 0 atom stereocenters. The zero-order valence-corrected chi connectivity index (χ0v) is 8.72. The molecular weight excluding hydrogens is 202 g/mol. The molecule has 0 radical (unpaired) electrons. The fourth-order valence-electron chi connectivity index (χ4n) is 2.22. The molecule has 0 amide bonds. The number of aromatic nitrogens is 2. The normalized spacial score (nSPS) is 21.7. The number of anilines is 1. The summed E-state index contributed by atoms with van der Waals surface area (Å²) in [5, 5.41) is 4.20. The van der Waals surface area contributed by atoms with Crippen LogP contribution in [0.5, 0.6) is 5.88 Å². The largest absolute Gasteiger partial charge is 0.477 e. The van der Waals surface area contributed by atoms with Gasteiger partial charge in [-0.15, -0.1) is 12.4 Å². The molecule has 1 saturated carbocycles. The van der Waals surface area contributed by atoms with Crippen molar-refractivity contribution in [2.24, 2.45) is 5.41 Å². The zero-order chi connectivity index (χ0) is 8.89. The summed E-state index contributed by atoms with van der Waals surface area (Å²) >= 11 is 0. The quantitative estimate of drug-likeness (QED) is 0.713. The Hall–Kier alpha value is -0.900. The van der Waals surface area contributed by atoms with Crippen molar-refractivity contribution in [2.45, 2.75) is 25.8 Å². The van der Waals surface area contributed by atoms with Gasteiger partial charge in [0.05, 0.1) is 13.2 Å². The van der Waals surface area contributed by atoms with Gasteiger partial charge in [-0.2, -0.15) is 5.10 Å². The molecular formula is C9H14ClN3O. The summed E-state index contributed by atoms with van der Waals surface area (Å²) in [7, 11) is 0. The average molecular weight is 216 g/mol. The average Bonchev–Trinajstić information content (AvgIpc) is 2.40. The highest BCUT2D eigenvalue weighted by Crippen LogP contribution is 2.45. The Balaban J connectivity index is 0.000000750. The van der Waals surface area contributed by atoms with Crippen LogP contribution in [0.25, 0.3) is 0 Å². The second kappa shape index (κ2) is 3.05. The summed E-state index contributed by atoms with van der Waals surface area (Å²) in [4.78, 5) is 0. The number of hydrogen-bond acceptors (Lipinski definition) is 3. The predicted molar refractivity (Wildman–Crippen MR) is 55.7 cm³/mol. The molecule has 5 heteroatoms. The van der Waals surface area contributed by atoms with E-state index in [1.807, 2.05) is 4.68 Å². The molecule has 1 aliphatic carbocycles. The van der Waals surface area contributed by atoms with Crippen molar-refractivity contribution in [3.8, 4) is 5.88 Å². The van der Waals surface area contributed by atoms with Crippen LogP contribution in [0.3, 0.4) is 0 Å². The Kier molecular flexibility index (Phi) is 2.10. The van der Waals surface area contributed by atoms with Gasteiger partial charge in [0.25, 0.3) is 0 Å². The first kappa shape index (κ1) is 9.65. The van der Waals surface area contributed by atoms with Crippen molar-refractivity contribution in [3.05, 3.63) is 6.07 Å². The van der Waals surface area contributed by atoms with Crippen LogP contribution in [0.1, 0.15) is 19.3 Å². The molecule has 2 aliphatic rings. The monoisotopic (exact) mass is 215 g/mol. The maximum Gasteiger partial charge on any atom is 0.213 e. The molecule has 2 N–H and O–H groups in total. The van der Waals surface area contributed by atoms with Crippen molar-refractivity contribution in [1.29, 1.82) is 0 Å². The fourth-order valence-corrected chi connectivity index (χ4v) is 2.22. The number of rotatable bonds is 0. The van der Waals surface area contributed by atoms with Gasteiger partial charge in [0, 0.05) is 11.5 Å². The van der Waals surface area contributed by atoms with Crippen LogP contribution >= 0.6 is 12.4 Å². The second-order valence-electron chi connectivity index (χ2n) is 4.21. The van der Waals surface area contributed by atoms with E-state index in [1.54, 1.807) is 6.07 Å². The molecule has 14 heavy (non-hydrogen) atoms. The van der Waals surface area contributed by atoms with Crippen LogP contribution in [0, 0.1) is 5.41 Å². The Bertz CT molecular complexity index is 346. The van der Waals surface area contributed by atoms with Gasteiger partial charge >= 0.3 is 0 Å². The SMILES string of the molecule is Cl.Nc1cc2n(n1)CC1(CCC1)CO2. The maximum absolute atomic E-state index is 5.62. The lowest BCUT2D eigenvalue weighted by Crippen LogP contribution is -2.43. The van der Waals surface area contributed by atoms with Crippen LogP contribution < -0.4 is 10.5 Å². The highest BCUT2D eigenvalue weighted by Gasteiger charge is 2.41. The molecule has 4 nitrogen and oxygen atoms in total. The van der Waals surface area contributed by atoms with Crippen molar-refractivity contribution >= 4 is 18.2 Å². The number of fused-ring (bicyclic) bond motifs is 1. The maximum atomic E-state index is 5.62. The summed E-state index contributed by atoms with van der Waals surface area (Å²) in [5.41, 5.74) is 5.97. The van der Waals surface area contributed by atoms with Gasteiger partial charge in [-0.3, -0.25) is 0 Å². The van der Waals surface area contributed by atoms with Crippen molar-refractivity contribution in [3.63, 3.8) is 0 Å². The molecule has 0 bridgehead atoms. The fraction of sp³-hybridized carbons (Fsp3) is 0.667. The highest BCUT2D eigenvalue weighted by atomic mass is 35.5. The van der Waals surface area contributed by atoms with E-state index in [0.29, 0.717) is 11.2 Å². The standard InChI is InChI=1S/C9H13N3O.ClH/c10-7-4-8-12(11-7)5-9(6-13-8)2-1-3-9;/h4H,1-3,5-6H2,(H2,10,11);1H. The van der Waals surface area contributed by atoms with Crippen LogP contribution in [-0.2, 0) is 6.54 Å². The molecule has 1 aliphatic heterocycles. The lowest BCUT2D eigenvalue weighted by atomic mass is 9.69. The summed E-state index contributed by atoms with van der Waals surface area (Å²) in [6.07, 6.45) is 3.87. The first-order valence-electron chi connectivity index (χ1n) is 4.74. The van der Waals surface area contributed by atoms with E-state index in [1.165, 1.54) is 19.3 Å². The van der Waals surface area contributed by atoms with E-state index >= 15 is 0 Å². The van der Waals surface area contributed by atoms with E-state index in [2.05, 4.69) is 5.10 Å². The third-order valence-electron chi connectivity index (χ3n) is 3.19. The smallest absolute Gasteiger partial charge is 0.213 e. The number of ether oxygens (including phenoxy) is 1. The second-order valence-corrected chi connectivity index (χ2v) is 4.21. The van der Waals surface area contributed by atoms with Gasteiger partial charge in [0.2, 0.25) is 5.88 Å². The minimum atomic E-state index is 0. The number of nitrogens with two attached hydrogens (primary N) is 1. The zero-order valence-electron chi connectivity index (χ0n) is 7.90. The topological polar surface area (TPSA) is 53.1 Å². The third kappa shape index (κ3) is 1.25. The number of nitrogen functional groups attached to an aromatic ring is 1. The van der Waals surface area contributed by atoms with E-state index in [9.17, 15) is 0 Å². The molecule has 1 aromatic rings. The van der Waals surface area contributed by atoms with Crippen LogP contribution in [-0.4, -0.2) is 16.4 Å². The van der Waals surface area contributed by atoms with Gasteiger partial charge in [-0.1, -0.05) is 6.42 Å². The predicted octanol–water partition coefficient (Wildman–Crippen LogP) is 1.45. The summed E-state index contributed by atoms with van der Waals surface area (Å²) in [6.45, 7) is 1.83. The first-order chi connectivity index (χ1) is 6.27. The van der Waals surface area contributed by atoms with Crippen molar-refractivity contribution < 1.29 is 4.74 Å². The number of hydrogen-bond donors (Lipinski definition) is 1. The van der Waals surface area contributed by atoms with Crippen molar-refractivity contribution in [2.75, 3.05) is 12.3 Å². The van der Waals surface area contributed by atoms with Crippen LogP contribution in [0.15, 0.2) is 6.07 Å². The minimum Gasteiger partial charge on any atom is -0.477 e. The molecule has 1 fully saturated rings. The lowest BCUT2D eigenvalue weighted by molar-refractivity contribution is 0.00195. The molecule has 78 valence electrons. The van der Waals surface area contributed by atoms with Gasteiger partial charge < -0.3 is 10.5 Å². The van der Waals surface area contributed by atoms with Gasteiger partial charge in [0.15, 0.2) is 0 Å². The summed E-state index contributed by atoms with van der Waals surface area (Å²) in [6, 6.07) is 1.80. The number of nitrogens with zero attached hydrogens (tertiary/aromatic N) is 2. The Morgan fingerprint density at radius 1 is 1.50 bits per heavy atom. The van der Waals surface area contributed by atoms with E-state index in [-0.39, 0.29) is 12.4 Å². The molecule has 0 unspecified atom stereocenters. The van der Waals surface area contributed by atoms with Gasteiger partial charge in [-0.25, -0.2) is 4.68 Å². The molecule has 0 aromatic carbocycles. The minimum absolute atomic E-state index is 0. The Morgan fingerprint density at radius 2 is 2.29 bits per heavy atom. The Morgan fingerprint density at radius 3 is 2.93 bits per heavy atom. The van der Waals surface area contributed by atoms with Gasteiger partial charge in [0.1, 0.15) is 5.82 Å². The van der Waals surface area contributed by atoms with E-state index < -0.39 is 0 Å². The van der Waals surface area contributed by atoms with E-state index in [4.69, 9.17) is 10.5 Å². The molecule has 1 spiro atoms. The highest BCUT2D eigenvalue weighted by molar-refractivity contribution is 5.85. The molecule has 3 rings (SSSR count). The lowest BCUT2D eigenvalue weighted by Gasteiger charge is -2.43. The first-order valence-corrected chi connectivity index (χ1v) is 4.74. The summed E-state index contributed by atoms with van der Waals surface area (Å²) < 4.78 is 7.52. The van der Waals surface area contributed by atoms with Crippen molar-refractivity contribution in [1.82, 2.24) is 9.78 Å². The van der Waals surface area contributed by atoms with Gasteiger partial charge in [-0.05, 0) is 12.8 Å². The third-order valence-corrected chi connectivity index (χ3v) is 3.19. The van der Waals surface area contributed by atoms with Crippen LogP contribution in [0.2, 0.25) is 0 Å². The van der Waals surface area contributed by atoms with E-state index in [0.717, 1.165) is 19.0 Å². The van der Waals surface area contributed by atoms with Crippen LogP contribution in [0.4, 0.5) is 5.82 Å². The molecule has 2 heterocycles. The Labute approximate surface area is 88.8 Å². The number of halogens is 1. The molecule has 1 aromatic heterocycles. The molecule has 0 saturated heterocycles. The summed E-state index contributed by atoms with van der Waals surface area (Å²) in [5.74, 6) is 1.39.